The molecule has 1 unspecified atom stereocenters. The lowest BCUT2D eigenvalue weighted by molar-refractivity contribution is -0.121. The lowest BCUT2D eigenvalue weighted by Gasteiger charge is -2.11. The quantitative estimate of drug-likeness (QED) is 0.616. The van der Waals surface area contributed by atoms with E-state index in [1.54, 1.807) is 0 Å². The van der Waals surface area contributed by atoms with Crippen LogP contribution in [0.25, 0.3) is 21.3 Å². The number of hydrogen-bond acceptors (Lipinski definition) is 5. The lowest BCUT2D eigenvalue weighted by Crippen LogP contribution is -2.37. The van der Waals surface area contributed by atoms with Gasteiger partial charge in [-0.05, 0) is 26.5 Å². The highest BCUT2D eigenvalue weighted by molar-refractivity contribution is 7.17. The number of aromatic nitrogens is 2. The largest absolute Gasteiger partial charge is 0.354 e. The van der Waals surface area contributed by atoms with Crippen LogP contribution in [0.4, 0.5) is 0 Å². The van der Waals surface area contributed by atoms with Crippen molar-refractivity contribution in [2.24, 2.45) is 0 Å². The predicted molar refractivity (Wildman–Crippen MR) is 117 cm³/mol. The number of fused-ring (bicyclic) bond motifs is 1. The van der Waals surface area contributed by atoms with Gasteiger partial charge in [0.1, 0.15) is 4.83 Å². The maximum atomic E-state index is 13.0. The van der Waals surface area contributed by atoms with E-state index in [9.17, 15) is 9.59 Å². The number of nitrogens with zero attached hydrogens (tertiary/aromatic N) is 2. The molecule has 0 saturated carbocycles. The summed E-state index contributed by atoms with van der Waals surface area (Å²) in [6, 6.07) is 8.31. The molecule has 0 aliphatic carbocycles. The molecule has 150 valence electrons. The molecule has 6 nitrogen and oxygen atoms in total. The Morgan fingerprint density at radius 2 is 2.00 bits per heavy atom. The highest BCUT2D eigenvalue weighted by atomic mass is 35.5. The van der Waals surface area contributed by atoms with Gasteiger partial charge in [-0.25, -0.2) is 4.98 Å². The molecule has 0 fully saturated rings. The van der Waals surface area contributed by atoms with Gasteiger partial charge in [-0.15, -0.1) is 23.7 Å². The molecule has 28 heavy (non-hydrogen) atoms. The number of halogens is 1. The summed E-state index contributed by atoms with van der Waals surface area (Å²) in [5.41, 5.74) is 2.97. The molecular weight excluding hydrogens is 396 g/mol. The van der Waals surface area contributed by atoms with Crippen molar-refractivity contribution in [3.63, 3.8) is 0 Å². The van der Waals surface area contributed by atoms with Crippen LogP contribution in [-0.4, -0.2) is 35.1 Å². The minimum Gasteiger partial charge on any atom is -0.354 e. The van der Waals surface area contributed by atoms with Crippen molar-refractivity contribution in [3.8, 4) is 11.1 Å². The van der Waals surface area contributed by atoms with Gasteiger partial charge in [0.25, 0.3) is 5.56 Å². The number of carbonyl (C=O) groups excluding carboxylic acids is 1. The Morgan fingerprint density at radius 3 is 2.68 bits per heavy atom. The number of hydrogen-bond donors (Lipinski definition) is 2. The summed E-state index contributed by atoms with van der Waals surface area (Å²) >= 11 is 1.46. The molecule has 1 amide bonds. The summed E-state index contributed by atoms with van der Waals surface area (Å²) in [6.45, 7) is 4.90. The molecule has 3 aromatic rings. The first-order valence-corrected chi connectivity index (χ1v) is 9.85. The molecule has 0 saturated heterocycles. The van der Waals surface area contributed by atoms with Crippen LogP contribution in [0.3, 0.4) is 0 Å². The average Bonchev–Trinajstić information content (AvgIpc) is 3.11. The summed E-state index contributed by atoms with van der Waals surface area (Å²) in [5, 5.41) is 8.52. The highest BCUT2D eigenvalue weighted by Gasteiger charge is 2.14. The zero-order valence-electron chi connectivity index (χ0n) is 16.2. The summed E-state index contributed by atoms with van der Waals surface area (Å²) < 4.78 is 1.52. The molecule has 2 heterocycles. The molecule has 8 heteroatoms. The van der Waals surface area contributed by atoms with Crippen molar-refractivity contribution < 1.29 is 4.79 Å². The van der Waals surface area contributed by atoms with Gasteiger partial charge in [0.15, 0.2) is 0 Å². The zero-order chi connectivity index (χ0) is 19.4. The monoisotopic (exact) mass is 420 g/mol. The van der Waals surface area contributed by atoms with Crippen LogP contribution in [0, 0.1) is 6.92 Å². The summed E-state index contributed by atoms with van der Waals surface area (Å²) in [5.74, 6) is -0.0758. The smallest absolute Gasteiger partial charge is 0.262 e. The molecule has 3 rings (SSSR count). The molecule has 0 aliphatic heterocycles. The topological polar surface area (TPSA) is 76.0 Å². The normalized spacial score (nSPS) is 11.8. The zero-order valence-corrected chi connectivity index (χ0v) is 17.8. The second-order valence-electron chi connectivity index (χ2n) is 6.68. The third kappa shape index (κ3) is 4.98. The maximum Gasteiger partial charge on any atom is 0.262 e. The first-order valence-electron chi connectivity index (χ1n) is 8.97. The molecule has 0 spiro atoms. The fourth-order valence-electron chi connectivity index (χ4n) is 2.75. The van der Waals surface area contributed by atoms with Gasteiger partial charge in [0, 0.05) is 36.5 Å². The summed E-state index contributed by atoms with van der Waals surface area (Å²) in [6.07, 6.45) is 1.77. The minimum atomic E-state index is -0.104. The van der Waals surface area contributed by atoms with E-state index >= 15 is 0 Å². The van der Waals surface area contributed by atoms with Crippen molar-refractivity contribution >= 4 is 39.9 Å². The molecule has 0 bridgehead atoms. The van der Waals surface area contributed by atoms with E-state index < -0.39 is 0 Å². The molecule has 1 aromatic carbocycles. The van der Waals surface area contributed by atoms with Crippen LogP contribution in [0.15, 0.2) is 40.8 Å². The number of rotatable bonds is 7. The van der Waals surface area contributed by atoms with Crippen molar-refractivity contribution in [1.82, 2.24) is 20.2 Å². The van der Waals surface area contributed by atoms with E-state index in [0.29, 0.717) is 18.5 Å². The molecule has 2 aromatic heterocycles. The Balaban J connectivity index is 0.00000280. The van der Waals surface area contributed by atoms with Crippen LogP contribution < -0.4 is 16.2 Å². The van der Waals surface area contributed by atoms with Gasteiger partial charge in [-0.3, -0.25) is 14.2 Å². The van der Waals surface area contributed by atoms with E-state index in [1.165, 1.54) is 27.8 Å². The Hall–Kier alpha value is -2.22. The maximum absolute atomic E-state index is 13.0. The van der Waals surface area contributed by atoms with Gasteiger partial charge in [0.05, 0.1) is 11.7 Å². The Labute approximate surface area is 174 Å². The van der Waals surface area contributed by atoms with E-state index in [0.717, 1.165) is 16.0 Å². The first kappa shape index (κ1) is 22.1. The molecular formula is C20H25ClN4O2S. The van der Waals surface area contributed by atoms with Crippen LogP contribution in [-0.2, 0) is 11.3 Å². The van der Waals surface area contributed by atoms with Gasteiger partial charge >= 0.3 is 0 Å². The van der Waals surface area contributed by atoms with E-state index in [1.807, 2.05) is 50.5 Å². The standard InChI is InChI=1S/C20H24N4O2S.ClH/c1-13-4-6-15(7-5-13)16-11-27-19-18(16)20(26)24(12-23-19)9-8-17(25)22-10-14(2)21-3;/h4-7,11-12,14,21H,8-10H2,1-3H3,(H,22,25);1H. The van der Waals surface area contributed by atoms with E-state index in [2.05, 4.69) is 15.6 Å². The number of nitrogens with one attached hydrogen (secondary N) is 2. The summed E-state index contributed by atoms with van der Waals surface area (Å²) in [7, 11) is 1.85. The molecule has 0 aliphatic rings. The third-order valence-electron chi connectivity index (χ3n) is 4.60. The first-order chi connectivity index (χ1) is 13.0. The van der Waals surface area contributed by atoms with E-state index in [4.69, 9.17) is 0 Å². The third-order valence-corrected chi connectivity index (χ3v) is 5.49. The number of benzene rings is 1. The Bertz CT molecular complexity index is 998. The average molecular weight is 421 g/mol. The Morgan fingerprint density at radius 1 is 1.29 bits per heavy atom. The van der Waals surface area contributed by atoms with Crippen LogP contribution in [0.5, 0.6) is 0 Å². The SMILES string of the molecule is CNC(C)CNC(=O)CCn1cnc2scc(-c3ccc(C)cc3)c2c1=O.Cl. The number of carbonyl (C=O) groups is 1. The second kappa shape index (κ2) is 9.82. The minimum absolute atomic E-state index is 0. The van der Waals surface area contributed by atoms with Crippen LogP contribution in [0.2, 0.25) is 0 Å². The van der Waals surface area contributed by atoms with Crippen molar-refractivity contribution in [1.29, 1.82) is 0 Å². The number of likely N-dealkylation sites (N-methyl/N-ethyl adjacent to an activating group) is 1. The van der Waals surface area contributed by atoms with Gasteiger partial charge in [-0.1, -0.05) is 29.8 Å². The van der Waals surface area contributed by atoms with Gasteiger partial charge in [0.2, 0.25) is 5.91 Å². The molecule has 1 atom stereocenters. The van der Waals surface area contributed by atoms with E-state index in [-0.39, 0.29) is 36.3 Å². The Kier molecular flexibility index (Phi) is 7.74. The number of amides is 1. The number of aryl methyl sites for hydroxylation is 2. The predicted octanol–water partition coefficient (Wildman–Crippen LogP) is 2.97. The van der Waals surface area contributed by atoms with Gasteiger partial charge in [-0.2, -0.15) is 0 Å². The van der Waals surface area contributed by atoms with Crippen LogP contribution in [0.1, 0.15) is 18.9 Å². The second-order valence-corrected chi connectivity index (χ2v) is 7.54. The van der Waals surface area contributed by atoms with Crippen molar-refractivity contribution in [3.05, 3.63) is 51.9 Å². The molecule has 0 radical (unpaired) electrons. The lowest BCUT2D eigenvalue weighted by atomic mass is 10.1. The summed E-state index contributed by atoms with van der Waals surface area (Å²) in [4.78, 5) is 30.1. The highest BCUT2D eigenvalue weighted by Crippen LogP contribution is 2.30. The fourth-order valence-corrected chi connectivity index (χ4v) is 3.66. The molecule has 2 N–H and O–H groups in total. The van der Waals surface area contributed by atoms with Gasteiger partial charge < -0.3 is 10.6 Å². The number of thiophene rings is 1. The van der Waals surface area contributed by atoms with Crippen LogP contribution >= 0.6 is 23.7 Å². The van der Waals surface area contributed by atoms with Crippen molar-refractivity contribution in [2.75, 3.05) is 13.6 Å². The van der Waals surface area contributed by atoms with Crippen molar-refractivity contribution in [2.45, 2.75) is 32.9 Å². The fraction of sp³-hybridized carbons (Fsp3) is 0.350.